The number of aliphatic hydroxyl groups is 1. The number of nitrogens with zero attached hydrogens (tertiary/aromatic N) is 1. The Hall–Kier alpha value is -2.59. The topological polar surface area (TPSA) is 52.6 Å². The molecule has 8 heteroatoms. The zero-order valence-electron chi connectivity index (χ0n) is 16.9. The van der Waals surface area contributed by atoms with Gasteiger partial charge in [0.05, 0.1) is 30.0 Å². The van der Waals surface area contributed by atoms with Gasteiger partial charge in [-0.2, -0.15) is 0 Å². The summed E-state index contributed by atoms with van der Waals surface area (Å²) >= 11 is 1.93. The second kappa shape index (κ2) is 9.11. The van der Waals surface area contributed by atoms with E-state index in [-0.39, 0.29) is 24.3 Å². The van der Waals surface area contributed by atoms with Gasteiger partial charge in [0.25, 0.3) is 5.91 Å². The van der Waals surface area contributed by atoms with Crippen LogP contribution in [0.15, 0.2) is 60.7 Å². The summed E-state index contributed by atoms with van der Waals surface area (Å²) in [5.41, 5.74) is -0.606. The van der Waals surface area contributed by atoms with Gasteiger partial charge in [0.1, 0.15) is 11.4 Å². The number of nitrogens with one attached hydrogen (secondary N) is 1. The Balaban J connectivity index is 1.50. The van der Waals surface area contributed by atoms with Gasteiger partial charge < -0.3 is 15.3 Å². The number of carbonyl (C=O) groups is 1. The van der Waals surface area contributed by atoms with Crippen LogP contribution in [0.2, 0.25) is 0 Å². The lowest BCUT2D eigenvalue weighted by Gasteiger charge is -2.46. The van der Waals surface area contributed by atoms with Gasteiger partial charge in [-0.25, -0.2) is 13.2 Å². The number of likely N-dealkylation sites (tertiary alicyclic amines) is 1. The van der Waals surface area contributed by atoms with Crippen LogP contribution in [0.5, 0.6) is 0 Å². The van der Waals surface area contributed by atoms with Gasteiger partial charge in [-0.15, -0.1) is 0 Å². The minimum Gasteiger partial charge on any atom is -0.386 e. The van der Waals surface area contributed by atoms with Gasteiger partial charge in [-0.1, -0.05) is 30.3 Å². The summed E-state index contributed by atoms with van der Waals surface area (Å²) < 4.78 is 43.4. The van der Waals surface area contributed by atoms with E-state index >= 15 is 0 Å². The van der Waals surface area contributed by atoms with E-state index in [2.05, 4.69) is 5.32 Å². The number of β-amino-alcohol motifs (C(OH)–C–C–N with tert-alkyl or cyclic N) is 1. The zero-order valence-corrected chi connectivity index (χ0v) is 19.1. The van der Waals surface area contributed by atoms with Crippen LogP contribution in [0.25, 0.3) is 0 Å². The van der Waals surface area contributed by atoms with Crippen LogP contribution in [0.3, 0.4) is 0 Å². The van der Waals surface area contributed by atoms with Gasteiger partial charge in [-0.05, 0) is 71.3 Å². The molecule has 166 valence electrons. The summed E-state index contributed by atoms with van der Waals surface area (Å²) in [5, 5.41) is 13.2. The van der Waals surface area contributed by atoms with Crippen molar-refractivity contribution >= 4 is 39.9 Å². The first-order chi connectivity index (χ1) is 15.3. The molecule has 4 nitrogen and oxygen atoms in total. The van der Waals surface area contributed by atoms with E-state index < -0.39 is 34.6 Å². The van der Waals surface area contributed by atoms with E-state index in [1.807, 2.05) is 52.9 Å². The first-order valence-electron chi connectivity index (χ1n) is 10.0. The van der Waals surface area contributed by atoms with Gasteiger partial charge in [0.2, 0.25) is 0 Å². The molecule has 0 aliphatic carbocycles. The second-order valence-corrected chi connectivity index (χ2v) is 9.15. The molecule has 2 N–H and O–H groups in total. The molecule has 3 aromatic rings. The maximum atomic E-state index is 14.6. The van der Waals surface area contributed by atoms with E-state index in [1.165, 1.54) is 17.0 Å². The number of anilines is 2. The van der Waals surface area contributed by atoms with Crippen molar-refractivity contribution in [1.82, 2.24) is 4.90 Å². The standard InChI is InChI=1S/C24H20F3IN2O2/c25-18-8-7-17(22(21(18)27)29-20-9-6-16(28)12-19(20)26)23(31)30-13-24(32,14-30)11-10-15-4-2-1-3-5-15/h1-9,12,29,32H,10-11,13-14H2. The largest absolute Gasteiger partial charge is 0.386 e. The van der Waals surface area contributed by atoms with Crippen molar-refractivity contribution in [2.45, 2.75) is 18.4 Å². The van der Waals surface area contributed by atoms with Crippen molar-refractivity contribution in [3.63, 3.8) is 0 Å². The van der Waals surface area contributed by atoms with Crippen molar-refractivity contribution in [3.05, 3.63) is 92.8 Å². The van der Waals surface area contributed by atoms with Crippen molar-refractivity contribution in [3.8, 4) is 0 Å². The van der Waals surface area contributed by atoms with Crippen LogP contribution in [0, 0.1) is 21.0 Å². The molecular formula is C24H20F3IN2O2. The van der Waals surface area contributed by atoms with E-state index in [0.717, 1.165) is 17.7 Å². The predicted octanol–water partition coefficient (Wildman–Crippen LogP) is 5.27. The molecule has 0 saturated carbocycles. The third-order valence-electron chi connectivity index (χ3n) is 5.50. The third-order valence-corrected chi connectivity index (χ3v) is 6.17. The SMILES string of the molecule is O=C(c1ccc(F)c(F)c1Nc1ccc(I)cc1F)N1CC(O)(CCc2ccccc2)C1. The lowest BCUT2D eigenvalue weighted by molar-refractivity contribution is -0.0854. The molecule has 0 atom stereocenters. The minimum atomic E-state index is -1.27. The number of amides is 1. The highest BCUT2D eigenvalue weighted by Crippen LogP contribution is 2.33. The van der Waals surface area contributed by atoms with Crippen molar-refractivity contribution in [2.75, 3.05) is 18.4 Å². The Labute approximate surface area is 197 Å². The maximum absolute atomic E-state index is 14.6. The van der Waals surface area contributed by atoms with Gasteiger partial charge in [0, 0.05) is 3.57 Å². The summed E-state index contributed by atoms with van der Waals surface area (Å²) in [4.78, 5) is 14.4. The van der Waals surface area contributed by atoms with Crippen molar-refractivity contribution < 1.29 is 23.1 Å². The number of hydrogen-bond acceptors (Lipinski definition) is 3. The quantitative estimate of drug-likeness (QED) is 0.410. The van der Waals surface area contributed by atoms with Crippen LogP contribution in [0.1, 0.15) is 22.3 Å². The molecule has 1 amide bonds. The Morgan fingerprint density at radius 1 is 1.03 bits per heavy atom. The fourth-order valence-electron chi connectivity index (χ4n) is 3.73. The molecule has 0 aromatic heterocycles. The van der Waals surface area contributed by atoms with Gasteiger partial charge >= 0.3 is 0 Å². The molecule has 0 bridgehead atoms. The lowest BCUT2D eigenvalue weighted by Crippen LogP contribution is -2.63. The van der Waals surface area contributed by atoms with Crippen molar-refractivity contribution in [1.29, 1.82) is 0 Å². The molecule has 0 spiro atoms. The molecule has 1 fully saturated rings. The molecule has 1 heterocycles. The molecule has 4 rings (SSSR count). The molecule has 0 radical (unpaired) electrons. The maximum Gasteiger partial charge on any atom is 0.256 e. The second-order valence-electron chi connectivity index (χ2n) is 7.90. The normalized spacial score (nSPS) is 14.7. The Morgan fingerprint density at radius 3 is 2.44 bits per heavy atom. The highest BCUT2D eigenvalue weighted by Gasteiger charge is 2.44. The van der Waals surface area contributed by atoms with E-state index in [1.54, 1.807) is 6.07 Å². The zero-order chi connectivity index (χ0) is 22.9. The van der Waals surface area contributed by atoms with Crippen LogP contribution in [-0.4, -0.2) is 34.6 Å². The van der Waals surface area contributed by atoms with Crippen LogP contribution < -0.4 is 5.32 Å². The summed E-state index contributed by atoms with van der Waals surface area (Å²) in [6, 6.07) is 15.9. The predicted molar refractivity (Wildman–Crippen MR) is 124 cm³/mol. The number of aryl methyl sites for hydroxylation is 1. The number of rotatable bonds is 6. The Bertz CT molecular complexity index is 1150. The fourth-order valence-corrected chi connectivity index (χ4v) is 4.19. The van der Waals surface area contributed by atoms with E-state index in [0.29, 0.717) is 16.4 Å². The third kappa shape index (κ3) is 4.75. The van der Waals surface area contributed by atoms with E-state index in [4.69, 9.17) is 0 Å². The number of carbonyl (C=O) groups excluding carboxylic acids is 1. The van der Waals surface area contributed by atoms with Crippen LogP contribution >= 0.6 is 22.6 Å². The highest BCUT2D eigenvalue weighted by atomic mass is 127. The summed E-state index contributed by atoms with van der Waals surface area (Å²) in [5.74, 6) is -3.65. The summed E-state index contributed by atoms with van der Waals surface area (Å²) in [6.07, 6.45) is 1.13. The van der Waals surface area contributed by atoms with Gasteiger partial charge in [-0.3, -0.25) is 4.79 Å². The van der Waals surface area contributed by atoms with Gasteiger partial charge in [0.15, 0.2) is 11.6 Å². The Kier molecular flexibility index (Phi) is 6.43. The average Bonchev–Trinajstić information content (AvgIpc) is 2.75. The summed E-state index contributed by atoms with van der Waals surface area (Å²) in [7, 11) is 0. The highest BCUT2D eigenvalue weighted by molar-refractivity contribution is 14.1. The first-order valence-corrected chi connectivity index (χ1v) is 11.1. The smallest absolute Gasteiger partial charge is 0.256 e. The molecule has 1 aliphatic rings. The van der Waals surface area contributed by atoms with Crippen LogP contribution in [0.4, 0.5) is 24.5 Å². The minimum absolute atomic E-state index is 0.0769. The average molecular weight is 552 g/mol. The lowest BCUT2D eigenvalue weighted by atomic mass is 9.87. The fraction of sp³-hybridized carbons (Fsp3) is 0.208. The number of halogens is 4. The number of hydrogen-bond donors (Lipinski definition) is 2. The van der Waals surface area contributed by atoms with Crippen LogP contribution in [-0.2, 0) is 6.42 Å². The molecule has 32 heavy (non-hydrogen) atoms. The summed E-state index contributed by atoms with van der Waals surface area (Å²) in [6.45, 7) is 0.157. The molecule has 3 aromatic carbocycles. The molecule has 1 aliphatic heterocycles. The van der Waals surface area contributed by atoms with E-state index in [9.17, 15) is 23.1 Å². The molecule has 1 saturated heterocycles. The van der Waals surface area contributed by atoms with Crippen molar-refractivity contribution in [2.24, 2.45) is 0 Å². The first kappa shape index (κ1) is 22.6. The molecule has 0 unspecified atom stereocenters. The Morgan fingerprint density at radius 2 is 1.75 bits per heavy atom. The molecular weight excluding hydrogens is 532 g/mol. The number of benzene rings is 3. The monoisotopic (exact) mass is 552 g/mol.